The minimum absolute atomic E-state index is 0.0641. The second-order valence-electron chi connectivity index (χ2n) is 6.74. The van der Waals surface area contributed by atoms with E-state index in [4.69, 9.17) is 9.47 Å². The molecule has 0 heterocycles. The Labute approximate surface area is 180 Å². The Kier molecular flexibility index (Phi) is 8.51. The summed E-state index contributed by atoms with van der Waals surface area (Å²) >= 11 is 3.40. The fourth-order valence-corrected chi connectivity index (χ4v) is 3.19. The lowest BCUT2D eigenvalue weighted by molar-refractivity contribution is -0.116. The molecule has 7 heteroatoms. The number of hydrogen-bond donors (Lipinski definition) is 1. The van der Waals surface area contributed by atoms with Gasteiger partial charge in [0, 0.05) is 22.8 Å². The molecule has 2 amide bonds. The van der Waals surface area contributed by atoms with Crippen molar-refractivity contribution in [3.8, 4) is 11.5 Å². The number of hydrogen-bond acceptors (Lipinski definition) is 4. The summed E-state index contributed by atoms with van der Waals surface area (Å²) in [5.74, 6) is 0.558. The van der Waals surface area contributed by atoms with Crippen LogP contribution in [-0.2, 0) is 4.79 Å². The van der Waals surface area contributed by atoms with Gasteiger partial charge >= 0.3 is 0 Å². The molecule has 29 heavy (non-hydrogen) atoms. The summed E-state index contributed by atoms with van der Waals surface area (Å²) in [6.07, 6.45) is 1.98. The second-order valence-corrected chi connectivity index (χ2v) is 7.65. The number of likely N-dealkylation sites (N-methyl/N-ethyl adjacent to an activating group) is 1. The predicted molar refractivity (Wildman–Crippen MR) is 118 cm³/mol. The zero-order valence-corrected chi connectivity index (χ0v) is 18.8. The molecule has 0 fully saturated rings. The largest absolute Gasteiger partial charge is 0.493 e. The number of rotatable bonds is 9. The Hall–Kier alpha value is -2.54. The molecule has 0 saturated heterocycles. The molecule has 0 atom stereocenters. The number of anilines is 1. The van der Waals surface area contributed by atoms with Gasteiger partial charge < -0.3 is 19.7 Å². The van der Waals surface area contributed by atoms with E-state index < -0.39 is 0 Å². The van der Waals surface area contributed by atoms with Crippen LogP contribution in [0.5, 0.6) is 11.5 Å². The van der Waals surface area contributed by atoms with Gasteiger partial charge in [-0.05, 0) is 55.3 Å². The van der Waals surface area contributed by atoms with Crippen molar-refractivity contribution in [3.05, 3.63) is 52.0 Å². The number of nitrogens with zero attached hydrogens (tertiary/aromatic N) is 1. The fraction of sp³-hybridized carbons (Fsp3) is 0.364. The summed E-state index contributed by atoms with van der Waals surface area (Å²) in [5.41, 5.74) is 2.08. The van der Waals surface area contributed by atoms with E-state index in [1.54, 1.807) is 25.2 Å². The van der Waals surface area contributed by atoms with Crippen LogP contribution in [0.2, 0.25) is 0 Å². The molecule has 0 saturated carbocycles. The number of benzene rings is 2. The van der Waals surface area contributed by atoms with Gasteiger partial charge in [0.05, 0.1) is 20.3 Å². The summed E-state index contributed by atoms with van der Waals surface area (Å²) in [4.78, 5) is 26.5. The van der Waals surface area contributed by atoms with Crippen LogP contribution < -0.4 is 14.8 Å². The van der Waals surface area contributed by atoms with E-state index in [-0.39, 0.29) is 18.4 Å². The minimum Gasteiger partial charge on any atom is -0.493 e. The van der Waals surface area contributed by atoms with E-state index in [0.717, 1.165) is 22.9 Å². The normalized spacial score (nSPS) is 10.4. The Balaban J connectivity index is 2.02. The lowest BCUT2D eigenvalue weighted by atomic mass is 10.1. The van der Waals surface area contributed by atoms with Crippen LogP contribution in [0.3, 0.4) is 0 Å². The first kappa shape index (κ1) is 22.7. The Morgan fingerprint density at radius 3 is 2.55 bits per heavy atom. The van der Waals surface area contributed by atoms with Gasteiger partial charge in [0.2, 0.25) is 5.91 Å². The Morgan fingerprint density at radius 1 is 1.14 bits per heavy atom. The average Bonchev–Trinajstić information content (AvgIpc) is 2.69. The third kappa shape index (κ3) is 6.49. The Bertz CT molecular complexity index is 870. The van der Waals surface area contributed by atoms with Crippen LogP contribution >= 0.6 is 15.9 Å². The third-order valence-corrected chi connectivity index (χ3v) is 4.85. The second kappa shape index (κ2) is 10.9. The zero-order chi connectivity index (χ0) is 21.4. The maximum absolute atomic E-state index is 12.7. The van der Waals surface area contributed by atoms with E-state index in [2.05, 4.69) is 28.2 Å². The number of unbranched alkanes of at least 4 members (excludes halogenated alkanes) is 1. The van der Waals surface area contributed by atoms with Gasteiger partial charge in [0.1, 0.15) is 0 Å². The predicted octanol–water partition coefficient (Wildman–Crippen LogP) is 4.66. The van der Waals surface area contributed by atoms with E-state index in [1.165, 1.54) is 12.0 Å². The molecule has 0 radical (unpaired) electrons. The monoisotopic (exact) mass is 462 g/mol. The first-order valence-corrected chi connectivity index (χ1v) is 10.3. The highest BCUT2D eigenvalue weighted by Crippen LogP contribution is 2.28. The first-order valence-electron chi connectivity index (χ1n) is 9.48. The van der Waals surface area contributed by atoms with Gasteiger partial charge in [-0.1, -0.05) is 29.3 Å². The van der Waals surface area contributed by atoms with Gasteiger partial charge in [-0.25, -0.2) is 0 Å². The maximum atomic E-state index is 12.7. The van der Waals surface area contributed by atoms with E-state index >= 15 is 0 Å². The number of aryl methyl sites for hydroxylation is 1. The number of carbonyl (C=O) groups excluding carboxylic acids is 2. The molecule has 156 valence electrons. The van der Waals surface area contributed by atoms with Crippen LogP contribution in [0.15, 0.2) is 40.9 Å². The van der Waals surface area contributed by atoms with Gasteiger partial charge in [0.25, 0.3) is 5.91 Å². The summed E-state index contributed by atoms with van der Waals surface area (Å²) in [7, 11) is 3.13. The molecule has 1 N–H and O–H groups in total. The summed E-state index contributed by atoms with van der Waals surface area (Å²) in [6, 6.07) is 10.6. The number of nitrogens with one attached hydrogen (secondary N) is 1. The van der Waals surface area contributed by atoms with Crippen molar-refractivity contribution in [1.29, 1.82) is 0 Å². The smallest absolute Gasteiger partial charge is 0.254 e. The fourth-order valence-electron chi connectivity index (χ4n) is 2.71. The molecule has 0 aliphatic heterocycles. The highest BCUT2D eigenvalue weighted by molar-refractivity contribution is 9.10. The number of amides is 2. The van der Waals surface area contributed by atoms with Crippen LogP contribution in [0.4, 0.5) is 5.69 Å². The van der Waals surface area contributed by atoms with Gasteiger partial charge in [-0.3, -0.25) is 9.59 Å². The molecule has 2 rings (SSSR count). The van der Waals surface area contributed by atoms with Crippen LogP contribution in [0, 0.1) is 6.92 Å². The molecule has 0 aliphatic rings. The standard InChI is InChI=1S/C22H27BrN2O4/c1-5-6-11-29-19-10-7-16(13-20(19)28-4)22(27)25(3)14-21(26)24-18-9-8-17(23)12-15(18)2/h7-10,12-13H,5-6,11,14H2,1-4H3,(H,24,26). The number of methoxy groups -OCH3 is 1. The van der Waals surface area contributed by atoms with Crippen molar-refractivity contribution < 1.29 is 19.1 Å². The van der Waals surface area contributed by atoms with Crippen LogP contribution in [0.1, 0.15) is 35.7 Å². The molecule has 2 aromatic carbocycles. The molecule has 6 nitrogen and oxygen atoms in total. The highest BCUT2D eigenvalue weighted by atomic mass is 79.9. The van der Waals surface area contributed by atoms with Crippen molar-refractivity contribution in [2.24, 2.45) is 0 Å². The number of carbonyl (C=O) groups is 2. The van der Waals surface area contributed by atoms with Gasteiger partial charge in [-0.15, -0.1) is 0 Å². The van der Waals surface area contributed by atoms with Crippen molar-refractivity contribution in [2.45, 2.75) is 26.7 Å². The average molecular weight is 463 g/mol. The summed E-state index contributed by atoms with van der Waals surface area (Å²) in [5, 5.41) is 2.84. The molecular formula is C22H27BrN2O4. The van der Waals surface area contributed by atoms with E-state index in [1.807, 2.05) is 25.1 Å². The molecular weight excluding hydrogens is 436 g/mol. The first-order chi connectivity index (χ1) is 13.8. The summed E-state index contributed by atoms with van der Waals surface area (Å²) < 4.78 is 12.0. The molecule has 0 aliphatic carbocycles. The summed E-state index contributed by atoms with van der Waals surface area (Å²) in [6.45, 7) is 4.53. The quantitative estimate of drug-likeness (QED) is 0.550. The van der Waals surface area contributed by atoms with Crippen molar-refractivity contribution in [3.63, 3.8) is 0 Å². The number of ether oxygens (including phenoxy) is 2. The van der Waals surface area contributed by atoms with Crippen molar-refractivity contribution in [2.75, 3.05) is 32.6 Å². The van der Waals surface area contributed by atoms with Gasteiger partial charge in [-0.2, -0.15) is 0 Å². The minimum atomic E-state index is -0.272. The molecule has 0 unspecified atom stereocenters. The van der Waals surface area contributed by atoms with E-state index in [0.29, 0.717) is 29.4 Å². The molecule has 0 spiro atoms. The molecule has 0 aromatic heterocycles. The van der Waals surface area contributed by atoms with Crippen LogP contribution in [0.25, 0.3) is 0 Å². The number of halogens is 1. The highest BCUT2D eigenvalue weighted by Gasteiger charge is 2.18. The van der Waals surface area contributed by atoms with E-state index in [9.17, 15) is 9.59 Å². The maximum Gasteiger partial charge on any atom is 0.254 e. The third-order valence-electron chi connectivity index (χ3n) is 4.36. The van der Waals surface area contributed by atoms with Crippen molar-refractivity contribution >= 4 is 33.4 Å². The van der Waals surface area contributed by atoms with Crippen LogP contribution in [-0.4, -0.2) is 44.0 Å². The lowest BCUT2D eigenvalue weighted by Gasteiger charge is -2.18. The molecule has 0 bridgehead atoms. The SMILES string of the molecule is CCCCOc1ccc(C(=O)N(C)CC(=O)Nc2ccc(Br)cc2C)cc1OC. The van der Waals surface area contributed by atoms with Crippen molar-refractivity contribution in [1.82, 2.24) is 4.90 Å². The lowest BCUT2D eigenvalue weighted by Crippen LogP contribution is -2.35. The Morgan fingerprint density at radius 2 is 1.90 bits per heavy atom. The topological polar surface area (TPSA) is 67.9 Å². The molecule has 2 aromatic rings. The zero-order valence-electron chi connectivity index (χ0n) is 17.3. The van der Waals surface area contributed by atoms with Gasteiger partial charge in [0.15, 0.2) is 11.5 Å².